The number of ether oxygens (including phenoxy) is 1. The maximum atomic E-state index is 5.90. The van der Waals surface area contributed by atoms with Crippen molar-refractivity contribution in [3.8, 4) is 16.9 Å². The topological polar surface area (TPSA) is 9.23 Å². The molecule has 3 aliphatic carbocycles. The molecule has 0 unspecified atom stereocenters. The van der Waals surface area contributed by atoms with Gasteiger partial charge in [-0.2, -0.15) is 0 Å². The molecule has 0 amide bonds. The van der Waals surface area contributed by atoms with Crippen molar-refractivity contribution in [3.05, 3.63) is 54.1 Å². The van der Waals surface area contributed by atoms with Crippen molar-refractivity contribution in [2.75, 3.05) is 12.5 Å². The van der Waals surface area contributed by atoms with Crippen molar-refractivity contribution in [2.45, 2.75) is 83.0 Å². The number of halogens is 1. The second kappa shape index (κ2) is 9.77. The number of hydrogen-bond donors (Lipinski definition) is 0. The van der Waals surface area contributed by atoms with Crippen LogP contribution in [0, 0.1) is 5.41 Å². The summed E-state index contributed by atoms with van der Waals surface area (Å²) in [6.07, 6.45) is 14.5. The van der Waals surface area contributed by atoms with E-state index < -0.39 is 0 Å². The van der Waals surface area contributed by atoms with E-state index in [2.05, 4.69) is 55.5 Å². The standard InChI is InChI=1S/C28H37ClO/c1-2-3-22-30-26-12-8-24(9-13-26)23-6-10-25(11-7-23)28-18-15-27(16-19-28,17-20-28)14-4-5-21-29/h6-13H,2-5,14-22H2,1H3. The van der Waals surface area contributed by atoms with Gasteiger partial charge < -0.3 is 4.74 Å². The van der Waals surface area contributed by atoms with Gasteiger partial charge in [0.05, 0.1) is 6.61 Å². The highest BCUT2D eigenvalue weighted by Gasteiger charge is 2.48. The Labute approximate surface area is 188 Å². The minimum Gasteiger partial charge on any atom is -0.494 e. The molecule has 2 heteroatoms. The molecule has 3 aliphatic rings. The van der Waals surface area contributed by atoms with Crippen LogP contribution in [0.4, 0.5) is 0 Å². The molecule has 2 aromatic rings. The van der Waals surface area contributed by atoms with Gasteiger partial charge in [0.25, 0.3) is 0 Å². The maximum Gasteiger partial charge on any atom is 0.119 e. The summed E-state index contributed by atoms with van der Waals surface area (Å²) < 4.78 is 5.80. The lowest BCUT2D eigenvalue weighted by atomic mass is 9.51. The highest BCUT2D eigenvalue weighted by atomic mass is 35.5. The van der Waals surface area contributed by atoms with Crippen LogP contribution in [-0.2, 0) is 5.41 Å². The zero-order chi connectivity index (χ0) is 20.9. The minimum atomic E-state index is 0.434. The summed E-state index contributed by atoms with van der Waals surface area (Å²) in [5.41, 5.74) is 5.21. The number of rotatable bonds is 10. The summed E-state index contributed by atoms with van der Waals surface area (Å²) in [6, 6.07) is 18.0. The first kappa shape index (κ1) is 21.8. The van der Waals surface area contributed by atoms with Gasteiger partial charge in [0.2, 0.25) is 0 Å². The molecular formula is C28H37ClO. The molecule has 0 N–H and O–H groups in total. The highest BCUT2D eigenvalue weighted by Crippen LogP contribution is 2.59. The summed E-state index contributed by atoms with van der Waals surface area (Å²) in [5.74, 6) is 1.79. The van der Waals surface area contributed by atoms with Gasteiger partial charge >= 0.3 is 0 Å². The Kier molecular flexibility index (Phi) is 7.08. The van der Waals surface area contributed by atoms with Gasteiger partial charge in [0.15, 0.2) is 0 Å². The average molecular weight is 425 g/mol. The lowest BCUT2D eigenvalue weighted by Gasteiger charge is -2.54. The van der Waals surface area contributed by atoms with Gasteiger partial charge in [-0.25, -0.2) is 0 Å². The molecule has 3 saturated carbocycles. The van der Waals surface area contributed by atoms with Crippen molar-refractivity contribution < 1.29 is 4.74 Å². The normalized spacial score (nSPS) is 25.4. The first-order chi connectivity index (χ1) is 14.7. The summed E-state index contributed by atoms with van der Waals surface area (Å²) in [4.78, 5) is 0. The van der Waals surface area contributed by atoms with E-state index in [0.29, 0.717) is 10.8 Å². The molecule has 0 radical (unpaired) electrons. The van der Waals surface area contributed by atoms with Crippen LogP contribution < -0.4 is 4.74 Å². The van der Waals surface area contributed by atoms with Crippen LogP contribution in [-0.4, -0.2) is 12.5 Å². The van der Waals surface area contributed by atoms with Crippen LogP contribution in [0.3, 0.4) is 0 Å². The first-order valence-corrected chi connectivity index (χ1v) is 12.6. The van der Waals surface area contributed by atoms with Crippen LogP contribution in [0.25, 0.3) is 11.1 Å². The molecule has 162 valence electrons. The van der Waals surface area contributed by atoms with Crippen molar-refractivity contribution >= 4 is 11.6 Å². The number of benzene rings is 2. The fourth-order valence-electron chi connectivity index (χ4n) is 5.76. The summed E-state index contributed by atoms with van der Waals surface area (Å²) in [5, 5.41) is 0. The molecule has 0 aliphatic heterocycles. The molecule has 0 atom stereocenters. The monoisotopic (exact) mass is 424 g/mol. The van der Waals surface area contributed by atoms with Crippen LogP contribution in [0.1, 0.15) is 83.1 Å². The van der Waals surface area contributed by atoms with Gasteiger partial charge in [0, 0.05) is 5.88 Å². The second-order valence-corrected chi connectivity index (χ2v) is 10.1. The highest BCUT2D eigenvalue weighted by molar-refractivity contribution is 6.17. The molecule has 3 fully saturated rings. The van der Waals surface area contributed by atoms with E-state index >= 15 is 0 Å². The smallest absolute Gasteiger partial charge is 0.119 e. The zero-order valence-electron chi connectivity index (χ0n) is 18.6. The number of hydrogen-bond acceptors (Lipinski definition) is 1. The van der Waals surface area contributed by atoms with Crippen LogP contribution >= 0.6 is 11.6 Å². The molecule has 0 aromatic heterocycles. The lowest BCUT2D eigenvalue weighted by Crippen LogP contribution is -2.44. The third-order valence-electron chi connectivity index (χ3n) is 7.94. The molecule has 2 bridgehead atoms. The Balaban J connectivity index is 1.39. The lowest BCUT2D eigenvalue weighted by molar-refractivity contribution is 0.0309. The Morgan fingerprint density at radius 2 is 1.37 bits per heavy atom. The Hall–Kier alpha value is -1.47. The molecule has 1 nitrogen and oxygen atoms in total. The molecule has 0 saturated heterocycles. The predicted octanol–water partition coefficient (Wildman–Crippen LogP) is 8.53. The fraction of sp³-hybridized carbons (Fsp3) is 0.571. The second-order valence-electron chi connectivity index (χ2n) is 9.73. The summed E-state index contributed by atoms with van der Waals surface area (Å²) in [7, 11) is 0. The minimum absolute atomic E-state index is 0.434. The number of fused-ring (bicyclic) bond motifs is 3. The number of alkyl halides is 1. The maximum absolute atomic E-state index is 5.90. The van der Waals surface area contributed by atoms with Crippen molar-refractivity contribution in [1.29, 1.82) is 0 Å². The van der Waals surface area contributed by atoms with Gasteiger partial charge in [0.1, 0.15) is 5.75 Å². The fourth-order valence-corrected chi connectivity index (χ4v) is 5.95. The Bertz CT molecular complexity index is 768. The van der Waals surface area contributed by atoms with Crippen LogP contribution in [0.5, 0.6) is 5.75 Å². The third kappa shape index (κ3) is 4.72. The molecule has 0 heterocycles. The van der Waals surface area contributed by atoms with Crippen molar-refractivity contribution in [3.63, 3.8) is 0 Å². The van der Waals surface area contributed by atoms with Crippen LogP contribution in [0.15, 0.2) is 48.5 Å². The molecule has 0 spiro atoms. The third-order valence-corrected chi connectivity index (χ3v) is 8.21. The molecule has 30 heavy (non-hydrogen) atoms. The van der Waals surface area contributed by atoms with E-state index in [9.17, 15) is 0 Å². The largest absolute Gasteiger partial charge is 0.494 e. The SMILES string of the molecule is CCCCOc1ccc(-c2ccc(C34CCC(CCCCCl)(CC3)CC4)cc2)cc1. The molecular weight excluding hydrogens is 388 g/mol. The summed E-state index contributed by atoms with van der Waals surface area (Å²) in [6.45, 7) is 3.00. The van der Waals surface area contributed by atoms with Crippen LogP contribution in [0.2, 0.25) is 0 Å². The van der Waals surface area contributed by atoms with E-state index in [0.717, 1.165) is 24.7 Å². The average Bonchev–Trinajstić information content (AvgIpc) is 2.81. The van der Waals surface area contributed by atoms with Gasteiger partial charge in [-0.05, 0) is 97.4 Å². The van der Waals surface area contributed by atoms with Gasteiger partial charge in [-0.15, -0.1) is 11.6 Å². The van der Waals surface area contributed by atoms with E-state index in [1.807, 2.05) is 0 Å². The first-order valence-electron chi connectivity index (χ1n) is 12.1. The van der Waals surface area contributed by atoms with E-state index in [4.69, 9.17) is 16.3 Å². The van der Waals surface area contributed by atoms with Gasteiger partial charge in [-0.3, -0.25) is 0 Å². The van der Waals surface area contributed by atoms with E-state index in [-0.39, 0.29) is 0 Å². The van der Waals surface area contributed by atoms with Crippen molar-refractivity contribution in [1.82, 2.24) is 0 Å². The van der Waals surface area contributed by atoms with Gasteiger partial charge in [-0.1, -0.05) is 56.2 Å². The molecule has 2 aromatic carbocycles. The Morgan fingerprint density at radius 1 is 0.767 bits per heavy atom. The Morgan fingerprint density at radius 3 is 1.93 bits per heavy atom. The van der Waals surface area contributed by atoms with Crippen molar-refractivity contribution in [2.24, 2.45) is 5.41 Å². The predicted molar refractivity (Wildman–Crippen MR) is 129 cm³/mol. The number of unbranched alkanes of at least 4 members (excludes halogenated alkanes) is 2. The zero-order valence-corrected chi connectivity index (χ0v) is 19.4. The quantitative estimate of drug-likeness (QED) is 0.274. The van der Waals surface area contributed by atoms with E-state index in [1.165, 1.54) is 75.3 Å². The molecule has 5 rings (SSSR count). The summed E-state index contributed by atoms with van der Waals surface area (Å²) >= 11 is 5.90. The van der Waals surface area contributed by atoms with E-state index in [1.54, 1.807) is 5.56 Å².